The minimum Gasteiger partial charge on any atom is -0.394 e. The van der Waals surface area contributed by atoms with Crippen molar-refractivity contribution < 1.29 is 18.1 Å². The predicted octanol–water partition coefficient (Wildman–Crippen LogP) is -1.73. The van der Waals surface area contributed by atoms with E-state index in [0.717, 1.165) is 0 Å². The van der Waals surface area contributed by atoms with E-state index >= 15 is 0 Å². The summed E-state index contributed by atoms with van der Waals surface area (Å²) in [6.45, 7) is 0.632. The van der Waals surface area contributed by atoms with Crippen LogP contribution in [0.2, 0.25) is 0 Å². The van der Waals surface area contributed by atoms with Crippen molar-refractivity contribution in [2.24, 2.45) is 5.73 Å². The average Bonchev–Trinajstić information content (AvgIpc) is 2.79. The van der Waals surface area contributed by atoms with Gasteiger partial charge in [0.2, 0.25) is 0 Å². The van der Waals surface area contributed by atoms with Gasteiger partial charge in [-0.15, -0.1) is 0 Å². The van der Waals surface area contributed by atoms with E-state index in [-0.39, 0.29) is 18.6 Å². The summed E-state index contributed by atoms with van der Waals surface area (Å²) in [4.78, 5) is 0. The lowest BCUT2D eigenvalue weighted by atomic mass is 10.1. The Balaban J connectivity index is 2.35. The van der Waals surface area contributed by atoms with Crippen LogP contribution in [0.25, 0.3) is 0 Å². The molecule has 0 aliphatic carbocycles. The summed E-state index contributed by atoms with van der Waals surface area (Å²) in [5, 5.41) is 10.5. The lowest BCUT2D eigenvalue weighted by molar-refractivity contribution is 0.241. The number of nitrogens with one attached hydrogen (secondary N) is 1. The third kappa shape index (κ3) is 2.89. The van der Waals surface area contributed by atoms with Gasteiger partial charge < -0.3 is 16.2 Å². The van der Waals surface area contributed by atoms with Gasteiger partial charge in [-0.1, -0.05) is 0 Å². The van der Waals surface area contributed by atoms with Gasteiger partial charge in [0.15, 0.2) is 0 Å². The summed E-state index contributed by atoms with van der Waals surface area (Å²) in [7, 11) is -4.14. The normalized spacial score (nSPS) is 30.1. The third-order valence-electron chi connectivity index (χ3n) is 2.27. The van der Waals surface area contributed by atoms with Crippen LogP contribution in [-0.2, 0) is 10.1 Å². The maximum absolute atomic E-state index is 10.5. The van der Waals surface area contributed by atoms with E-state index in [2.05, 4.69) is 5.32 Å². The Hall–Kier alpha value is -0.210. The zero-order valence-corrected chi connectivity index (χ0v) is 7.92. The van der Waals surface area contributed by atoms with Gasteiger partial charge in [0, 0.05) is 6.54 Å². The molecular weight excluding hydrogens is 196 g/mol. The Morgan fingerprint density at radius 1 is 1.62 bits per heavy atom. The van der Waals surface area contributed by atoms with Crippen LogP contribution in [-0.4, -0.2) is 42.1 Å². The van der Waals surface area contributed by atoms with Gasteiger partial charge in [0.25, 0.3) is 10.1 Å². The average molecular weight is 210 g/mol. The van der Waals surface area contributed by atoms with E-state index in [4.69, 9.17) is 15.4 Å². The first-order chi connectivity index (χ1) is 5.90. The second kappa shape index (κ2) is 3.50. The van der Waals surface area contributed by atoms with Crippen LogP contribution >= 0.6 is 0 Å². The smallest absolute Gasteiger partial charge is 0.280 e. The molecule has 0 amide bonds. The van der Waals surface area contributed by atoms with E-state index in [9.17, 15) is 8.42 Å². The molecule has 7 heteroatoms. The van der Waals surface area contributed by atoms with Gasteiger partial charge in [-0.3, -0.25) is 4.55 Å². The molecule has 5 N–H and O–H groups in total. The molecule has 78 valence electrons. The lowest BCUT2D eigenvalue weighted by Gasteiger charge is -2.12. The first kappa shape index (κ1) is 10.9. The van der Waals surface area contributed by atoms with E-state index in [0.29, 0.717) is 13.0 Å². The number of aliphatic hydroxyl groups is 1. The first-order valence-corrected chi connectivity index (χ1v) is 5.48. The van der Waals surface area contributed by atoms with E-state index in [1.54, 1.807) is 0 Å². The summed E-state index contributed by atoms with van der Waals surface area (Å²) in [5.41, 5.74) is 4.83. The summed E-state index contributed by atoms with van der Waals surface area (Å²) in [5.74, 6) is 0. The minimum atomic E-state index is -4.14. The van der Waals surface area contributed by atoms with Crippen LogP contribution < -0.4 is 11.1 Å². The van der Waals surface area contributed by atoms with Crippen molar-refractivity contribution in [2.45, 2.75) is 23.8 Å². The number of hydrogen-bond donors (Lipinski definition) is 4. The topological polar surface area (TPSA) is 123 Å². The van der Waals surface area contributed by atoms with Crippen molar-refractivity contribution in [1.82, 2.24) is 5.32 Å². The molecule has 0 aromatic rings. The second-order valence-corrected chi connectivity index (χ2v) is 5.02. The maximum Gasteiger partial charge on any atom is 0.280 e. The van der Waals surface area contributed by atoms with Crippen molar-refractivity contribution in [3.8, 4) is 0 Å². The molecule has 0 radical (unpaired) electrons. The molecular formula is C6H14N2O4S. The van der Waals surface area contributed by atoms with E-state index in [1.165, 1.54) is 0 Å². The Morgan fingerprint density at radius 3 is 2.46 bits per heavy atom. The fourth-order valence-corrected chi connectivity index (χ4v) is 1.48. The molecule has 0 aromatic heterocycles. The standard InChI is InChI=1S/C6H14N2O4S/c7-5(13(10,11)12)1-2-6(4-9)3-8-6/h5,8-9H,1-4,7H2,(H,10,11,12). The largest absolute Gasteiger partial charge is 0.394 e. The number of aliphatic hydroxyl groups excluding tert-OH is 1. The fourth-order valence-electron chi connectivity index (χ4n) is 1.06. The zero-order chi connectivity index (χ0) is 10.1. The Kier molecular flexibility index (Phi) is 2.93. The quantitative estimate of drug-likeness (QED) is 0.316. The monoisotopic (exact) mass is 210 g/mol. The highest BCUT2D eigenvalue weighted by Crippen LogP contribution is 2.23. The molecule has 1 rings (SSSR count). The summed E-state index contributed by atoms with van der Waals surface area (Å²) in [6, 6.07) is 0. The molecule has 0 bridgehead atoms. The highest BCUT2D eigenvalue weighted by atomic mass is 32.2. The van der Waals surface area contributed by atoms with Crippen LogP contribution in [0.3, 0.4) is 0 Å². The van der Waals surface area contributed by atoms with Crippen LogP contribution in [0.1, 0.15) is 12.8 Å². The summed E-state index contributed by atoms with van der Waals surface area (Å²) >= 11 is 0. The maximum atomic E-state index is 10.5. The molecule has 1 fully saturated rings. The molecule has 0 aromatic carbocycles. The van der Waals surface area contributed by atoms with Gasteiger partial charge >= 0.3 is 0 Å². The minimum absolute atomic E-state index is 0.0365. The van der Waals surface area contributed by atoms with Crippen molar-refractivity contribution in [3.05, 3.63) is 0 Å². The molecule has 1 aliphatic heterocycles. The number of nitrogens with two attached hydrogens (primary N) is 1. The lowest BCUT2D eigenvalue weighted by Crippen LogP contribution is -2.33. The molecule has 1 saturated heterocycles. The second-order valence-electron chi connectivity index (χ2n) is 3.38. The fraction of sp³-hybridized carbons (Fsp3) is 1.00. The molecule has 6 nitrogen and oxygen atoms in total. The van der Waals surface area contributed by atoms with Crippen LogP contribution in [0.5, 0.6) is 0 Å². The van der Waals surface area contributed by atoms with Crippen LogP contribution in [0, 0.1) is 0 Å². The number of rotatable bonds is 5. The molecule has 1 heterocycles. The van der Waals surface area contributed by atoms with Crippen molar-refractivity contribution in [1.29, 1.82) is 0 Å². The van der Waals surface area contributed by atoms with Gasteiger partial charge in [-0.05, 0) is 12.8 Å². The summed E-state index contributed by atoms with van der Waals surface area (Å²) in [6.07, 6.45) is 0.594. The Bertz CT molecular complexity index is 272. The molecule has 0 saturated carbocycles. The van der Waals surface area contributed by atoms with Crippen LogP contribution in [0.4, 0.5) is 0 Å². The SMILES string of the molecule is NC(CCC1(CO)CN1)S(=O)(=O)O. The van der Waals surface area contributed by atoms with Crippen molar-refractivity contribution >= 4 is 10.1 Å². The highest BCUT2D eigenvalue weighted by molar-refractivity contribution is 7.86. The van der Waals surface area contributed by atoms with Gasteiger partial charge in [-0.25, -0.2) is 0 Å². The molecule has 1 aliphatic rings. The molecule has 2 atom stereocenters. The van der Waals surface area contributed by atoms with Gasteiger partial charge in [0.05, 0.1) is 12.1 Å². The Morgan fingerprint density at radius 2 is 2.15 bits per heavy atom. The molecule has 0 spiro atoms. The van der Waals surface area contributed by atoms with Crippen molar-refractivity contribution in [3.63, 3.8) is 0 Å². The van der Waals surface area contributed by atoms with Gasteiger partial charge in [-0.2, -0.15) is 8.42 Å². The molecule has 2 unspecified atom stereocenters. The van der Waals surface area contributed by atoms with Crippen LogP contribution in [0.15, 0.2) is 0 Å². The van der Waals surface area contributed by atoms with Gasteiger partial charge in [0.1, 0.15) is 5.37 Å². The highest BCUT2D eigenvalue weighted by Gasteiger charge is 2.41. The third-order valence-corrected chi connectivity index (χ3v) is 3.27. The predicted molar refractivity (Wildman–Crippen MR) is 46.6 cm³/mol. The van der Waals surface area contributed by atoms with E-state index < -0.39 is 15.5 Å². The Labute approximate surface area is 76.9 Å². The molecule has 13 heavy (non-hydrogen) atoms. The number of hydrogen-bond acceptors (Lipinski definition) is 5. The summed E-state index contributed by atoms with van der Waals surface area (Å²) < 4.78 is 29.5. The zero-order valence-electron chi connectivity index (χ0n) is 7.10. The van der Waals surface area contributed by atoms with E-state index in [1.807, 2.05) is 0 Å². The first-order valence-electron chi connectivity index (χ1n) is 3.97. The van der Waals surface area contributed by atoms with Crippen molar-refractivity contribution in [2.75, 3.05) is 13.2 Å².